The topological polar surface area (TPSA) is 0 Å². The molecule has 0 N–H and O–H groups in total. The molecule has 0 aromatic carbocycles. The van der Waals surface area contributed by atoms with Gasteiger partial charge in [0.25, 0.3) is 0 Å². The zero-order valence-electron chi connectivity index (χ0n) is 12.7. The molecule has 0 aliphatic heterocycles. The van der Waals surface area contributed by atoms with Crippen molar-refractivity contribution in [3.8, 4) is 0 Å². The summed E-state index contributed by atoms with van der Waals surface area (Å²) in [7, 11) is 0. The van der Waals surface area contributed by atoms with Gasteiger partial charge in [-0.25, -0.2) is 0 Å². The van der Waals surface area contributed by atoms with Crippen LogP contribution < -0.4 is 0 Å². The van der Waals surface area contributed by atoms with Gasteiger partial charge in [-0.05, 0) is 128 Å². The Kier molecular flexibility index (Phi) is 32.5. The first-order chi connectivity index (χ1) is 10.0. The van der Waals surface area contributed by atoms with Gasteiger partial charge in [0, 0.05) is 34.1 Å². The van der Waals surface area contributed by atoms with Crippen LogP contribution in [0.2, 0.25) is 0 Å². The minimum atomic E-state index is 0. The molecule has 0 heterocycles. The summed E-state index contributed by atoms with van der Waals surface area (Å²) in [5, 5.41) is 0. The van der Waals surface area contributed by atoms with Crippen LogP contribution in [-0.2, 0) is 47.6 Å². The third-order valence-electron chi connectivity index (χ3n) is 2.22. The maximum Gasteiger partial charge on any atom is 0 e. The summed E-state index contributed by atoms with van der Waals surface area (Å²) in [6.45, 7) is 0. The largest absolute Gasteiger partial charge is 0.813 e. The van der Waals surface area contributed by atoms with Crippen molar-refractivity contribution in [3.05, 3.63) is 128 Å². The SMILES string of the molecule is [CH]1[CH][CH][CH][CH]1.[CH]1[CH][CH][CH][CH]1.[CH]1[CH][CH][CH][CH]1.[CH]1[CH][CH][CH][CH]1.[Fe].[Fe].[SH-]. The summed E-state index contributed by atoms with van der Waals surface area (Å²) in [6.07, 6.45) is 40.0. The van der Waals surface area contributed by atoms with Crippen LogP contribution in [0, 0.1) is 128 Å². The smallest absolute Gasteiger partial charge is 0 e. The van der Waals surface area contributed by atoms with Gasteiger partial charge in [-0.3, -0.25) is 0 Å². The number of thiol groups is 1. The van der Waals surface area contributed by atoms with Crippen LogP contribution in [0.15, 0.2) is 0 Å². The van der Waals surface area contributed by atoms with E-state index in [4.69, 9.17) is 0 Å². The van der Waals surface area contributed by atoms with Gasteiger partial charge in [0.2, 0.25) is 0 Å². The van der Waals surface area contributed by atoms with E-state index in [1.54, 1.807) is 0 Å². The molecule has 0 spiro atoms. The van der Waals surface area contributed by atoms with Gasteiger partial charge in [-0.1, -0.05) is 0 Å². The summed E-state index contributed by atoms with van der Waals surface area (Å²) in [5.74, 6) is 0. The predicted octanol–water partition coefficient (Wildman–Crippen LogP) is 3.81. The van der Waals surface area contributed by atoms with Crippen LogP contribution in [0.3, 0.4) is 0 Å². The van der Waals surface area contributed by atoms with E-state index < -0.39 is 0 Å². The van der Waals surface area contributed by atoms with Gasteiger partial charge < -0.3 is 13.5 Å². The zero-order valence-corrected chi connectivity index (χ0v) is 15.8. The van der Waals surface area contributed by atoms with Gasteiger partial charge in [-0.2, -0.15) is 0 Å². The molecule has 0 bridgehead atoms. The summed E-state index contributed by atoms with van der Waals surface area (Å²) in [6, 6.07) is 0. The molecule has 0 aromatic rings. The first-order valence-electron chi connectivity index (χ1n) is 6.67. The van der Waals surface area contributed by atoms with Crippen LogP contribution in [0.25, 0.3) is 0 Å². The van der Waals surface area contributed by atoms with Crippen LogP contribution in [0.4, 0.5) is 0 Å². The van der Waals surface area contributed by atoms with E-state index >= 15 is 0 Å². The van der Waals surface area contributed by atoms with Crippen molar-refractivity contribution in [3.63, 3.8) is 0 Å². The Balaban J connectivity index is -0.000000222. The maximum atomic E-state index is 2.00. The summed E-state index contributed by atoms with van der Waals surface area (Å²) >= 11 is 0. The molecule has 0 amide bonds. The Hall–Kier alpha value is 1.39. The van der Waals surface area contributed by atoms with Gasteiger partial charge in [0.05, 0.1) is 0 Å². The molecule has 124 valence electrons. The molecule has 0 nitrogen and oxygen atoms in total. The quantitative estimate of drug-likeness (QED) is 0.336. The fourth-order valence-corrected chi connectivity index (χ4v) is 1.28. The molecule has 0 unspecified atom stereocenters. The van der Waals surface area contributed by atoms with E-state index in [1.807, 2.05) is 128 Å². The first kappa shape index (κ1) is 29.2. The van der Waals surface area contributed by atoms with E-state index in [0.29, 0.717) is 0 Å². The molecule has 20 radical (unpaired) electrons. The van der Waals surface area contributed by atoms with E-state index in [2.05, 4.69) is 0 Å². The second-order valence-electron chi connectivity index (χ2n) is 3.85. The third-order valence-corrected chi connectivity index (χ3v) is 2.22. The Morgan fingerprint density at radius 2 is 0.217 bits per heavy atom. The molecule has 4 saturated carbocycles. The van der Waals surface area contributed by atoms with Gasteiger partial charge >= 0.3 is 0 Å². The standard InChI is InChI=1S/4C5H5.2Fe.H2S/c4*1-2-4-5-3-1;;;/h4*1-5H;;;1H2/p-1. The van der Waals surface area contributed by atoms with Crippen molar-refractivity contribution in [2.75, 3.05) is 0 Å². The van der Waals surface area contributed by atoms with Gasteiger partial charge in [0.1, 0.15) is 0 Å². The summed E-state index contributed by atoms with van der Waals surface area (Å²) < 4.78 is 0. The van der Waals surface area contributed by atoms with E-state index in [0.717, 1.165) is 0 Å². The number of hydrogen-bond acceptors (Lipinski definition) is 1. The summed E-state index contributed by atoms with van der Waals surface area (Å²) in [5.41, 5.74) is 0. The maximum absolute atomic E-state index is 2.00. The number of rotatable bonds is 0. The minimum absolute atomic E-state index is 0. The Morgan fingerprint density at radius 3 is 0.261 bits per heavy atom. The van der Waals surface area contributed by atoms with Gasteiger partial charge in [0.15, 0.2) is 0 Å². The van der Waals surface area contributed by atoms with Crippen LogP contribution in [-0.4, -0.2) is 0 Å². The fourth-order valence-electron chi connectivity index (χ4n) is 1.28. The van der Waals surface area contributed by atoms with Gasteiger partial charge in [-0.15, -0.1) is 0 Å². The number of hydrogen-bond donors (Lipinski definition) is 0. The first-order valence-corrected chi connectivity index (χ1v) is 6.67. The van der Waals surface area contributed by atoms with E-state index in [1.165, 1.54) is 0 Å². The molecule has 4 rings (SSSR count). The fraction of sp³-hybridized carbons (Fsp3) is 0. The van der Waals surface area contributed by atoms with Crippen molar-refractivity contribution in [1.29, 1.82) is 0 Å². The molecule has 0 aromatic heterocycles. The average Bonchev–Trinajstić information content (AvgIpc) is 3.40. The molecule has 0 saturated heterocycles. The second-order valence-corrected chi connectivity index (χ2v) is 3.85. The Morgan fingerprint density at radius 1 is 0.174 bits per heavy atom. The second kappa shape index (κ2) is 25.6. The van der Waals surface area contributed by atoms with Crippen molar-refractivity contribution >= 4 is 13.5 Å². The molecular weight excluding hydrogens is 384 g/mol. The van der Waals surface area contributed by atoms with Crippen LogP contribution in [0.1, 0.15) is 0 Å². The van der Waals surface area contributed by atoms with Crippen molar-refractivity contribution in [1.82, 2.24) is 0 Å². The third kappa shape index (κ3) is 23.4. The zero-order chi connectivity index (χ0) is 14.1. The van der Waals surface area contributed by atoms with Crippen molar-refractivity contribution in [2.45, 2.75) is 0 Å². The van der Waals surface area contributed by atoms with Crippen molar-refractivity contribution in [2.24, 2.45) is 0 Å². The van der Waals surface area contributed by atoms with Crippen molar-refractivity contribution < 1.29 is 34.1 Å². The molecule has 4 aliphatic carbocycles. The van der Waals surface area contributed by atoms with E-state index in [-0.39, 0.29) is 47.6 Å². The molecule has 4 fully saturated rings. The van der Waals surface area contributed by atoms with Crippen LogP contribution >= 0.6 is 0 Å². The Bertz CT molecular complexity index is 102. The molecule has 0 atom stereocenters. The molecular formula is C20H21Fe2S-. The monoisotopic (exact) mass is 405 g/mol. The minimum Gasteiger partial charge on any atom is -0.813 e. The molecule has 23 heavy (non-hydrogen) atoms. The Labute approximate surface area is 175 Å². The van der Waals surface area contributed by atoms with Crippen LogP contribution in [0.5, 0.6) is 0 Å². The average molecular weight is 405 g/mol. The molecule has 4 aliphatic rings. The molecule has 3 heteroatoms. The van der Waals surface area contributed by atoms with E-state index in [9.17, 15) is 0 Å². The normalized spacial score (nSPS) is 20.9. The predicted molar refractivity (Wildman–Crippen MR) is 94.8 cm³/mol. The summed E-state index contributed by atoms with van der Waals surface area (Å²) in [4.78, 5) is 0.